The lowest BCUT2D eigenvalue weighted by Gasteiger charge is -2.21. The third-order valence-corrected chi connectivity index (χ3v) is 5.01. The van der Waals surface area contributed by atoms with Gasteiger partial charge in [-0.2, -0.15) is 10.3 Å². The van der Waals surface area contributed by atoms with Gasteiger partial charge in [-0.15, -0.1) is 0 Å². The van der Waals surface area contributed by atoms with Crippen molar-refractivity contribution in [3.8, 4) is 17.2 Å². The van der Waals surface area contributed by atoms with Crippen molar-refractivity contribution in [2.45, 2.75) is 6.42 Å². The molecule has 0 bridgehead atoms. The Hall–Kier alpha value is -4.54. The molecule has 0 saturated carbocycles. The van der Waals surface area contributed by atoms with Gasteiger partial charge in [-0.1, -0.05) is 48.5 Å². The van der Waals surface area contributed by atoms with E-state index < -0.39 is 5.91 Å². The minimum absolute atomic E-state index is 0.363. The fourth-order valence-electron chi connectivity index (χ4n) is 3.28. The zero-order chi connectivity index (χ0) is 22.9. The van der Waals surface area contributed by atoms with Gasteiger partial charge in [0.2, 0.25) is 0 Å². The zero-order valence-corrected chi connectivity index (χ0v) is 17.8. The molecule has 0 aliphatic heterocycles. The average Bonchev–Trinajstić information content (AvgIpc) is 3.40. The molecule has 4 rings (SSSR count). The van der Waals surface area contributed by atoms with E-state index in [1.807, 2.05) is 48.5 Å². The SMILES string of the molecule is N#Cc1cccc(C(=O)N=CN(NCCc2cnc[nH]2)c2ccc(-c3ccccc3)cc2)c1. The molecule has 162 valence electrons. The summed E-state index contributed by atoms with van der Waals surface area (Å²) in [6, 6.07) is 26.7. The maximum Gasteiger partial charge on any atom is 0.278 e. The Morgan fingerprint density at radius 3 is 2.58 bits per heavy atom. The van der Waals surface area contributed by atoms with Gasteiger partial charge >= 0.3 is 0 Å². The van der Waals surface area contributed by atoms with Crippen LogP contribution >= 0.6 is 0 Å². The van der Waals surface area contributed by atoms with Crippen molar-refractivity contribution in [3.05, 3.63) is 108 Å². The summed E-state index contributed by atoms with van der Waals surface area (Å²) in [5.74, 6) is -0.423. The molecule has 7 nitrogen and oxygen atoms in total. The number of hydrogen-bond donors (Lipinski definition) is 2. The fraction of sp³-hybridized carbons (Fsp3) is 0.0769. The number of carbonyl (C=O) groups excluding carboxylic acids is 1. The third kappa shape index (κ3) is 5.79. The van der Waals surface area contributed by atoms with E-state index in [0.29, 0.717) is 17.7 Å². The summed E-state index contributed by atoms with van der Waals surface area (Å²) in [5.41, 5.74) is 8.14. The van der Waals surface area contributed by atoms with Crippen LogP contribution < -0.4 is 10.4 Å². The number of rotatable bonds is 8. The van der Waals surface area contributed by atoms with E-state index in [4.69, 9.17) is 5.26 Å². The number of carbonyl (C=O) groups is 1. The minimum atomic E-state index is -0.423. The van der Waals surface area contributed by atoms with Crippen LogP contribution in [-0.4, -0.2) is 28.8 Å². The second-order valence-corrected chi connectivity index (χ2v) is 7.26. The van der Waals surface area contributed by atoms with Gasteiger partial charge in [-0.3, -0.25) is 9.80 Å². The number of aliphatic imine (C=N–C) groups is 1. The highest BCUT2D eigenvalue weighted by Gasteiger charge is 2.08. The van der Waals surface area contributed by atoms with Crippen molar-refractivity contribution in [1.29, 1.82) is 5.26 Å². The molecule has 0 unspecified atom stereocenters. The molecule has 3 aromatic carbocycles. The van der Waals surface area contributed by atoms with Crippen LogP contribution in [0.2, 0.25) is 0 Å². The van der Waals surface area contributed by atoms with Gasteiger partial charge in [-0.05, 0) is 41.5 Å². The van der Waals surface area contributed by atoms with Gasteiger partial charge in [0, 0.05) is 30.4 Å². The predicted octanol–water partition coefficient (Wildman–Crippen LogP) is 4.37. The number of hydrogen-bond acceptors (Lipinski definition) is 4. The summed E-state index contributed by atoms with van der Waals surface area (Å²) in [5, 5.41) is 10.8. The van der Waals surface area contributed by atoms with E-state index in [1.165, 1.54) is 12.4 Å². The predicted molar refractivity (Wildman–Crippen MR) is 129 cm³/mol. The maximum atomic E-state index is 12.6. The first-order valence-electron chi connectivity index (χ1n) is 10.5. The van der Waals surface area contributed by atoms with Gasteiger partial charge in [0.25, 0.3) is 5.91 Å². The number of H-pyrrole nitrogens is 1. The molecule has 1 heterocycles. The van der Waals surface area contributed by atoms with Crippen molar-refractivity contribution < 1.29 is 4.79 Å². The van der Waals surface area contributed by atoms with Crippen LogP contribution in [0.1, 0.15) is 21.6 Å². The molecule has 0 radical (unpaired) electrons. The first-order chi connectivity index (χ1) is 16.2. The molecule has 0 fully saturated rings. The van der Waals surface area contributed by atoms with Crippen molar-refractivity contribution >= 4 is 17.9 Å². The Kier molecular flexibility index (Phi) is 7.01. The molecule has 0 aliphatic carbocycles. The zero-order valence-electron chi connectivity index (χ0n) is 17.8. The monoisotopic (exact) mass is 434 g/mol. The normalized spacial score (nSPS) is 10.8. The lowest BCUT2D eigenvalue weighted by Crippen LogP contribution is -2.38. The molecule has 7 heteroatoms. The number of benzene rings is 3. The number of amides is 1. The lowest BCUT2D eigenvalue weighted by atomic mass is 10.1. The Morgan fingerprint density at radius 2 is 1.85 bits per heavy atom. The topological polar surface area (TPSA) is 97.2 Å². The van der Waals surface area contributed by atoms with Crippen molar-refractivity contribution in [2.75, 3.05) is 11.6 Å². The van der Waals surface area contributed by atoms with E-state index in [9.17, 15) is 4.79 Å². The summed E-state index contributed by atoms with van der Waals surface area (Å²) in [4.78, 5) is 23.8. The summed E-state index contributed by atoms with van der Waals surface area (Å²) in [6.07, 6.45) is 5.61. The van der Waals surface area contributed by atoms with Crippen molar-refractivity contribution in [1.82, 2.24) is 15.4 Å². The molecular formula is C26H22N6O. The molecule has 0 spiro atoms. The van der Waals surface area contributed by atoms with Gasteiger partial charge in [0.05, 0.1) is 23.6 Å². The quantitative estimate of drug-likeness (QED) is 0.244. The number of nitrogens with zero attached hydrogens (tertiary/aromatic N) is 4. The van der Waals surface area contributed by atoms with E-state index >= 15 is 0 Å². The summed E-state index contributed by atoms with van der Waals surface area (Å²) in [6.45, 7) is 0.604. The lowest BCUT2D eigenvalue weighted by molar-refractivity contribution is 0.100. The van der Waals surface area contributed by atoms with Gasteiger partial charge < -0.3 is 4.98 Å². The average molecular weight is 435 g/mol. The number of nitriles is 1. The molecule has 0 saturated heterocycles. The first-order valence-corrected chi connectivity index (χ1v) is 10.5. The Morgan fingerprint density at radius 1 is 1.06 bits per heavy atom. The highest BCUT2D eigenvalue weighted by atomic mass is 16.1. The highest BCUT2D eigenvalue weighted by Crippen LogP contribution is 2.22. The number of anilines is 1. The summed E-state index contributed by atoms with van der Waals surface area (Å²) < 4.78 is 0. The van der Waals surface area contributed by atoms with Crippen molar-refractivity contribution in [3.63, 3.8) is 0 Å². The largest absolute Gasteiger partial charge is 0.348 e. The molecular weight excluding hydrogens is 412 g/mol. The molecule has 1 aromatic heterocycles. The fourth-order valence-corrected chi connectivity index (χ4v) is 3.28. The molecule has 33 heavy (non-hydrogen) atoms. The van der Waals surface area contributed by atoms with Gasteiger partial charge in [-0.25, -0.2) is 10.4 Å². The van der Waals surface area contributed by atoms with E-state index in [-0.39, 0.29) is 0 Å². The highest BCUT2D eigenvalue weighted by molar-refractivity contribution is 6.01. The third-order valence-electron chi connectivity index (χ3n) is 5.01. The molecule has 0 aliphatic rings. The first kappa shape index (κ1) is 21.7. The molecule has 1 amide bonds. The van der Waals surface area contributed by atoms with Crippen LogP contribution in [0.5, 0.6) is 0 Å². The van der Waals surface area contributed by atoms with Crippen LogP contribution in [0.4, 0.5) is 5.69 Å². The number of hydrazine groups is 1. The molecule has 0 atom stereocenters. The van der Waals surface area contributed by atoms with Gasteiger partial charge in [0.1, 0.15) is 6.34 Å². The van der Waals surface area contributed by atoms with Gasteiger partial charge in [0.15, 0.2) is 0 Å². The minimum Gasteiger partial charge on any atom is -0.348 e. The van der Waals surface area contributed by atoms with Crippen LogP contribution in [0.3, 0.4) is 0 Å². The van der Waals surface area contributed by atoms with Crippen LogP contribution in [0, 0.1) is 11.3 Å². The Balaban J connectivity index is 1.52. The standard InChI is InChI=1S/C26H22N6O/c27-16-20-5-4-8-23(15-20)26(33)30-19-32(31-14-13-24-17-28-18-29-24)25-11-9-22(10-12-25)21-6-2-1-3-7-21/h1-12,15,17-19,31H,13-14H2,(H,28,29). The number of imidazole rings is 1. The maximum absolute atomic E-state index is 12.6. The second-order valence-electron chi connectivity index (χ2n) is 7.26. The van der Waals surface area contributed by atoms with E-state index in [1.54, 1.807) is 35.7 Å². The summed E-state index contributed by atoms with van der Waals surface area (Å²) >= 11 is 0. The van der Waals surface area contributed by atoms with Crippen molar-refractivity contribution in [2.24, 2.45) is 4.99 Å². The van der Waals surface area contributed by atoms with Crippen LogP contribution in [0.15, 0.2) is 96.4 Å². The van der Waals surface area contributed by atoms with E-state index in [0.717, 1.165) is 28.9 Å². The Labute approximate surface area is 192 Å². The number of nitrogens with one attached hydrogen (secondary N) is 2. The van der Waals surface area contributed by atoms with Crippen LogP contribution in [-0.2, 0) is 6.42 Å². The van der Waals surface area contributed by atoms with Crippen LogP contribution in [0.25, 0.3) is 11.1 Å². The molecule has 4 aromatic rings. The van der Waals surface area contributed by atoms with E-state index in [2.05, 4.69) is 32.5 Å². The molecule has 2 N–H and O–H groups in total. The number of aromatic nitrogens is 2. The smallest absolute Gasteiger partial charge is 0.278 e. The summed E-state index contributed by atoms with van der Waals surface area (Å²) in [7, 11) is 0. The number of aromatic amines is 1. The Bertz CT molecular complexity index is 1260. The second kappa shape index (κ2) is 10.7.